The molecule has 0 radical (unpaired) electrons. The third-order valence-electron chi connectivity index (χ3n) is 5.56. The molecule has 2 aliphatic rings. The van der Waals surface area contributed by atoms with Crippen LogP contribution >= 0.6 is 15.9 Å². The minimum absolute atomic E-state index is 0.143. The van der Waals surface area contributed by atoms with Crippen LogP contribution in [0.2, 0.25) is 0 Å². The average Bonchev–Trinajstić information content (AvgIpc) is 3.16. The molecule has 32 heavy (non-hydrogen) atoms. The maximum atomic E-state index is 13.3. The van der Waals surface area contributed by atoms with Crippen LogP contribution in [0.3, 0.4) is 0 Å². The zero-order valence-corrected chi connectivity index (χ0v) is 18.9. The number of methoxy groups -OCH3 is 1. The van der Waals surface area contributed by atoms with Gasteiger partial charge in [0.05, 0.1) is 36.6 Å². The van der Waals surface area contributed by atoms with Gasteiger partial charge in [0, 0.05) is 24.1 Å². The topological polar surface area (TPSA) is 50.8 Å². The van der Waals surface area contributed by atoms with Gasteiger partial charge < -0.3 is 19.7 Å². The van der Waals surface area contributed by atoms with Crippen LogP contribution in [0.4, 0.5) is 18.9 Å². The van der Waals surface area contributed by atoms with E-state index < -0.39 is 11.7 Å². The van der Waals surface area contributed by atoms with Gasteiger partial charge in [-0.2, -0.15) is 13.2 Å². The summed E-state index contributed by atoms with van der Waals surface area (Å²) in [5.74, 6) is 0.843. The maximum Gasteiger partial charge on any atom is 0.416 e. The van der Waals surface area contributed by atoms with Crippen LogP contribution in [0.5, 0.6) is 11.5 Å². The number of fused-ring (bicyclic) bond motifs is 2. The number of nitrogens with zero attached hydrogens (tertiary/aromatic N) is 1. The summed E-state index contributed by atoms with van der Waals surface area (Å²) in [6.07, 6.45) is -1.26. The van der Waals surface area contributed by atoms with Crippen molar-refractivity contribution in [2.24, 2.45) is 0 Å². The summed E-state index contributed by atoms with van der Waals surface area (Å²) in [5.41, 5.74) is 1.93. The number of carbonyl (C=O) groups excluding carboxylic acids is 1. The van der Waals surface area contributed by atoms with E-state index in [1.54, 1.807) is 23.2 Å². The second-order valence-corrected chi connectivity index (χ2v) is 8.41. The van der Waals surface area contributed by atoms with Gasteiger partial charge in [0.15, 0.2) is 11.5 Å². The van der Waals surface area contributed by atoms with Crippen LogP contribution in [-0.2, 0) is 6.18 Å². The van der Waals surface area contributed by atoms with Crippen LogP contribution in [-0.4, -0.2) is 42.4 Å². The molecule has 1 amide bonds. The van der Waals surface area contributed by atoms with E-state index in [0.29, 0.717) is 47.9 Å². The molecule has 9 heteroatoms. The first-order valence-corrected chi connectivity index (χ1v) is 11.3. The number of ether oxygens (including phenoxy) is 2. The Hall–Kier alpha value is -2.68. The van der Waals surface area contributed by atoms with Crippen LogP contribution in [0.25, 0.3) is 5.57 Å². The Morgan fingerprint density at radius 1 is 1.19 bits per heavy atom. The Morgan fingerprint density at radius 2 is 1.94 bits per heavy atom. The molecule has 5 nitrogen and oxygen atoms in total. The van der Waals surface area contributed by atoms with E-state index in [-0.39, 0.29) is 11.9 Å². The highest BCUT2D eigenvalue weighted by Gasteiger charge is 2.35. The number of hydrogen-bond donors (Lipinski definition) is 1. The molecule has 2 heterocycles. The van der Waals surface area contributed by atoms with Gasteiger partial charge in [-0.05, 0) is 42.2 Å². The van der Waals surface area contributed by atoms with Gasteiger partial charge in [-0.3, -0.25) is 4.79 Å². The predicted octanol–water partition coefficient (Wildman–Crippen LogP) is 5.56. The molecule has 170 valence electrons. The Labute approximate surface area is 192 Å². The van der Waals surface area contributed by atoms with Crippen LogP contribution < -0.4 is 14.8 Å². The van der Waals surface area contributed by atoms with E-state index >= 15 is 0 Å². The molecule has 1 unspecified atom stereocenters. The quantitative estimate of drug-likeness (QED) is 0.408. The van der Waals surface area contributed by atoms with E-state index in [4.69, 9.17) is 9.47 Å². The zero-order valence-electron chi connectivity index (χ0n) is 17.3. The van der Waals surface area contributed by atoms with Crippen molar-refractivity contribution in [2.75, 3.05) is 30.9 Å². The van der Waals surface area contributed by atoms with E-state index in [2.05, 4.69) is 21.2 Å². The Balaban J connectivity index is 1.60. The Bertz CT molecular complexity index is 1040. The molecular weight excluding hydrogens is 489 g/mol. The summed E-state index contributed by atoms with van der Waals surface area (Å²) >= 11 is 3.37. The third-order valence-corrected chi connectivity index (χ3v) is 6.12. The fourth-order valence-corrected chi connectivity index (χ4v) is 4.13. The highest BCUT2D eigenvalue weighted by Crippen LogP contribution is 2.39. The smallest absolute Gasteiger partial charge is 0.416 e. The number of nitrogens with one attached hydrogen (secondary N) is 1. The number of benzene rings is 2. The van der Waals surface area contributed by atoms with Gasteiger partial charge in [0.25, 0.3) is 5.91 Å². The maximum absolute atomic E-state index is 13.3. The average molecular weight is 511 g/mol. The van der Waals surface area contributed by atoms with E-state index in [9.17, 15) is 18.0 Å². The van der Waals surface area contributed by atoms with Gasteiger partial charge in [-0.1, -0.05) is 28.1 Å². The molecule has 2 aromatic rings. The molecule has 1 N–H and O–H groups in total. The normalized spacial score (nSPS) is 17.8. The van der Waals surface area contributed by atoms with Gasteiger partial charge in [-0.15, -0.1) is 0 Å². The van der Waals surface area contributed by atoms with Gasteiger partial charge >= 0.3 is 6.18 Å². The second-order valence-electron chi connectivity index (χ2n) is 7.62. The number of anilines is 1. The van der Waals surface area contributed by atoms with Gasteiger partial charge in [0.1, 0.15) is 0 Å². The standard InChI is InChI=1S/C23H22BrF3N2O3/c1-31-20-10-18-19(11-21(20)32-8-2-7-24)28-12-17-9-15(13-29(17)22(18)30)14-3-5-16(6-4-14)23(25,26)27/h3-6,10-11,13,17,28H,2,7-9,12H2,1H3. The lowest BCUT2D eigenvalue weighted by molar-refractivity contribution is -0.137. The van der Waals surface area contributed by atoms with Gasteiger partial charge in [0.2, 0.25) is 0 Å². The summed E-state index contributed by atoms with van der Waals surface area (Å²) in [7, 11) is 1.52. The fourth-order valence-electron chi connectivity index (χ4n) is 3.90. The number of hydrogen-bond acceptors (Lipinski definition) is 4. The second kappa shape index (κ2) is 9.05. The number of halogens is 4. The van der Waals surface area contributed by atoms with Crippen molar-refractivity contribution in [2.45, 2.75) is 25.1 Å². The summed E-state index contributed by atoms with van der Waals surface area (Å²) < 4.78 is 49.8. The molecule has 2 aromatic carbocycles. The number of alkyl halides is 4. The summed E-state index contributed by atoms with van der Waals surface area (Å²) in [6, 6.07) is 8.34. The minimum Gasteiger partial charge on any atom is -0.493 e. The Morgan fingerprint density at radius 3 is 2.59 bits per heavy atom. The van der Waals surface area contributed by atoms with Crippen LogP contribution in [0, 0.1) is 0 Å². The first-order valence-electron chi connectivity index (χ1n) is 10.2. The molecule has 0 saturated carbocycles. The molecule has 2 aliphatic heterocycles. The van der Waals surface area contributed by atoms with Crippen molar-refractivity contribution in [3.05, 3.63) is 59.3 Å². The summed E-state index contributed by atoms with van der Waals surface area (Å²) in [6.45, 7) is 1.02. The summed E-state index contributed by atoms with van der Waals surface area (Å²) in [4.78, 5) is 15.0. The predicted molar refractivity (Wildman–Crippen MR) is 119 cm³/mol. The van der Waals surface area contributed by atoms with Crippen molar-refractivity contribution < 1.29 is 27.4 Å². The van der Waals surface area contributed by atoms with Gasteiger partial charge in [-0.25, -0.2) is 0 Å². The zero-order chi connectivity index (χ0) is 22.9. The van der Waals surface area contributed by atoms with Crippen LogP contribution in [0.1, 0.15) is 34.3 Å². The largest absolute Gasteiger partial charge is 0.493 e. The molecule has 0 aliphatic carbocycles. The Kier molecular flexibility index (Phi) is 6.37. The van der Waals surface area contributed by atoms with E-state index in [1.807, 2.05) is 0 Å². The number of rotatable bonds is 6. The molecule has 1 atom stereocenters. The minimum atomic E-state index is -4.38. The highest BCUT2D eigenvalue weighted by molar-refractivity contribution is 9.09. The van der Waals surface area contributed by atoms with E-state index in [1.165, 1.54) is 19.2 Å². The first kappa shape index (κ1) is 22.5. The molecule has 0 spiro atoms. The summed E-state index contributed by atoms with van der Waals surface area (Å²) in [5, 5.41) is 4.14. The molecule has 0 aromatic heterocycles. The third kappa shape index (κ3) is 4.44. The van der Waals surface area contributed by atoms with Crippen molar-refractivity contribution in [3.8, 4) is 11.5 Å². The fraction of sp³-hybridized carbons (Fsp3) is 0.348. The SMILES string of the molecule is COc1cc2c(cc1OCCCBr)NCC1CC(c3ccc(C(F)(F)F)cc3)=CN1C2=O. The molecule has 0 fully saturated rings. The molecule has 0 bridgehead atoms. The number of carbonyl (C=O) groups is 1. The molecular formula is C23H22BrF3N2O3. The van der Waals surface area contributed by atoms with Crippen LogP contribution in [0.15, 0.2) is 42.6 Å². The lowest BCUT2D eigenvalue weighted by Crippen LogP contribution is -2.34. The molecule has 4 rings (SSSR count). The van der Waals surface area contributed by atoms with Crippen molar-refractivity contribution in [1.82, 2.24) is 4.90 Å². The monoisotopic (exact) mass is 510 g/mol. The molecule has 0 saturated heterocycles. The lowest BCUT2D eigenvalue weighted by Gasteiger charge is -2.20. The van der Waals surface area contributed by atoms with Crippen molar-refractivity contribution >= 4 is 33.1 Å². The highest BCUT2D eigenvalue weighted by atomic mass is 79.9. The van der Waals surface area contributed by atoms with Crippen molar-refractivity contribution in [1.29, 1.82) is 0 Å². The first-order chi connectivity index (χ1) is 15.3. The lowest BCUT2D eigenvalue weighted by atomic mass is 10.0. The van der Waals surface area contributed by atoms with E-state index in [0.717, 1.165) is 29.5 Å². The van der Waals surface area contributed by atoms with Crippen molar-refractivity contribution in [3.63, 3.8) is 0 Å². The number of amides is 1.